The molecule has 0 aliphatic heterocycles. The summed E-state index contributed by atoms with van der Waals surface area (Å²) in [6, 6.07) is 10.8. The fourth-order valence-electron chi connectivity index (χ4n) is 2.58. The molecular weight excluding hydrogens is 292 g/mol. The lowest BCUT2D eigenvalue weighted by atomic mass is 10.0. The van der Waals surface area contributed by atoms with Gasteiger partial charge < -0.3 is 4.90 Å². The van der Waals surface area contributed by atoms with E-state index >= 15 is 0 Å². The molecule has 5 heteroatoms. The number of Topliss-reactive ketones (excluding diaryl/α,β-unsaturated/α-hetero) is 1. The van der Waals surface area contributed by atoms with Crippen LogP contribution in [-0.4, -0.2) is 17.8 Å². The number of benzene rings is 2. The van der Waals surface area contributed by atoms with Crippen molar-refractivity contribution in [2.45, 2.75) is 27.3 Å². The quantitative estimate of drug-likeness (QED) is 0.474. The van der Waals surface area contributed by atoms with Crippen LogP contribution in [0.4, 0.5) is 11.4 Å². The number of anilines is 1. The summed E-state index contributed by atoms with van der Waals surface area (Å²) in [4.78, 5) is 24.2. The molecule has 2 aromatic carbocycles. The van der Waals surface area contributed by atoms with Crippen LogP contribution >= 0.6 is 0 Å². The van der Waals surface area contributed by atoms with Gasteiger partial charge in [-0.05, 0) is 44.0 Å². The van der Waals surface area contributed by atoms with Gasteiger partial charge >= 0.3 is 0 Å². The Hall–Kier alpha value is -2.69. The van der Waals surface area contributed by atoms with Crippen LogP contribution in [-0.2, 0) is 6.54 Å². The van der Waals surface area contributed by atoms with Crippen LogP contribution < -0.4 is 4.90 Å². The van der Waals surface area contributed by atoms with E-state index in [4.69, 9.17) is 0 Å². The zero-order chi connectivity index (χ0) is 17.1. The number of ketones is 1. The molecule has 0 bridgehead atoms. The van der Waals surface area contributed by atoms with E-state index in [1.54, 1.807) is 12.1 Å². The zero-order valence-corrected chi connectivity index (χ0v) is 13.8. The smallest absolute Gasteiger partial charge is 0.293 e. The second kappa shape index (κ2) is 6.60. The highest BCUT2D eigenvalue weighted by Gasteiger charge is 2.19. The lowest BCUT2D eigenvalue weighted by Gasteiger charge is -2.21. The Labute approximate surface area is 135 Å². The van der Waals surface area contributed by atoms with Crippen molar-refractivity contribution in [3.8, 4) is 0 Å². The van der Waals surface area contributed by atoms with Crippen LogP contribution in [0.3, 0.4) is 0 Å². The van der Waals surface area contributed by atoms with Crippen molar-refractivity contribution in [3.05, 3.63) is 68.8 Å². The molecule has 2 aromatic rings. The van der Waals surface area contributed by atoms with Gasteiger partial charge in [0.05, 0.1) is 4.92 Å². The Kier molecular flexibility index (Phi) is 4.79. The number of nitro benzene ring substituents is 1. The summed E-state index contributed by atoms with van der Waals surface area (Å²) in [5.74, 6) is -0.184. The maximum atomic E-state index is 11.4. The number of rotatable bonds is 5. The van der Waals surface area contributed by atoms with E-state index in [0.29, 0.717) is 17.8 Å². The van der Waals surface area contributed by atoms with Crippen molar-refractivity contribution in [2.24, 2.45) is 0 Å². The summed E-state index contributed by atoms with van der Waals surface area (Å²) in [5, 5.41) is 11.3. The monoisotopic (exact) mass is 312 g/mol. The third kappa shape index (κ3) is 3.74. The Balaban J connectivity index is 2.36. The number of carbonyl (C=O) groups excluding carboxylic acids is 1. The minimum atomic E-state index is -0.444. The van der Waals surface area contributed by atoms with Crippen LogP contribution in [0.15, 0.2) is 36.4 Å². The normalized spacial score (nSPS) is 10.4. The topological polar surface area (TPSA) is 63.5 Å². The second-order valence-electron chi connectivity index (χ2n) is 5.80. The molecule has 0 spiro atoms. The average molecular weight is 312 g/mol. The van der Waals surface area contributed by atoms with E-state index in [1.165, 1.54) is 18.6 Å². The van der Waals surface area contributed by atoms with Crippen LogP contribution in [0.5, 0.6) is 0 Å². The first-order valence-electron chi connectivity index (χ1n) is 7.36. The first kappa shape index (κ1) is 16.7. The summed E-state index contributed by atoms with van der Waals surface area (Å²) in [5.41, 5.74) is 4.25. The molecule has 0 heterocycles. The maximum absolute atomic E-state index is 11.4. The van der Waals surface area contributed by atoms with Crippen molar-refractivity contribution in [1.29, 1.82) is 0 Å². The molecule has 0 aliphatic carbocycles. The Bertz CT molecular complexity index is 769. The van der Waals surface area contributed by atoms with Crippen molar-refractivity contribution >= 4 is 17.2 Å². The molecule has 0 saturated carbocycles. The summed E-state index contributed by atoms with van der Waals surface area (Å²) >= 11 is 0. The van der Waals surface area contributed by atoms with Crippen LogP contribution in [0.1, 0.15) is 34.0 Å². The molecule has 0 radical (unpaired) electrons. The maximum Gasteiger partial charge on any atom is 0.293 e. The highest BCUT2D eigenvalue weighted by molar-refractivity contribution is 5.95. The molecule has 120 valence electrons. The van der Waals surface area contributed by atoms with Crippen molar-refractivity contribution in [2.75, 3.05) is 11.9 Å². The minimum absolute atomic E-state index is 0.0510. The largest absolute Gasteiger partial charge is 0.365 e. The molecule has 0 saturated heterocycles. The number of nitro groups is 1. The minimum Gasteiger partial charge on any atom is -0.365 e. The second-order valence-corrected chi connectivity index (χ2v) is 5.80. The number of aryl methyl sites for hydroxylation is 2. The van der Waals surface area contributed by atoms with E-state index in [2.05, 4.69) is 6.07 Å². The van der Waals surface area contributed by atoms with Crippen molar-refractivity contribution < 1.29 is 9.72 Å². The van der Waals surface area contributed by atoms with Gasteiger partial charge in [-0.2, -0.15) is 0 Å². The van der Waals surface area contributed by atoms with Crippen molar-refractivity contribution in [3.63, 3.8) is 0 Å². The fourth-order valence-corrected chi connectivity index (χ4v) is 2.58. The van der Waals surface area contributed by atoms with Gasteiger partial charge in [0.1, 0.15) is 5.69 Å². The molecule has 0 atom stereocenters. The standard InChI is InChI=1S/C18H20N2O3/c1-12-5-6-16(13(2)9-12)11-19(4)17-8-7-15(14(3)21)10-18(17)20(22)23/h5-10H,11H2,1-4H3. The summed E-state index contributed by atoms with van der Waals surface area (Å²) in [7, 11) is 1.81. The lowest BCUT2D eigenvalue weighted by molar-refractivity contribution is -0.384. The van der Waals surface area contributed by atoms with Crippen LogP contribution in [0.25, 0.3) is 0 Å². The average Bonchev–Trinajstić information content (AvgIpc) is 2.49. The molecule has 0 N–H and O–H groups in total. The van der Waals surface area contributed by atoms with Crippen LogP contribution in [0.2, 0.25) is 0 Å². The Morgan fingerprint density at radius 3 is 2.43 bits per heavy atom. The van der Waals surface area contributed by atoms with Crippen molar-refractivity contribution in [1.82, 2.24) is 0 Å². The summed E-state index contributed by atoms with van der Waals surface area (Å²) < 4.78 is 0. The zero-order valence-electron chi connectivity index (χ0n) is 13.8. The summed E-state index contributed by atoms with van der Waals surface area (Å²) in [6.07, 6.45) is 0. The first-order valence-corrected chi connectivity index (χ1v) is 7.36. The van der Waals surface area contributed by atoms with E-state index in [9.17, 15) is 14.9 Å². The summed E-state index contributed by atoms with van der Waals surface area (Å²) in [6.45, 7) is 6.03. The highest BCUT2D eigenvalue weighted by Crippen LogP contribution is 2.30. The Morgan fingerprint density at radius 2 is 1.87 bits per heavy atom. The Morgan fingerprint density at radius 1 is 1.17 bits per heavy atom. The number of carbonyl (C=O) groups is 1. The van der Waals surface area contributed by atoms with E-state index in [0.717, 1.165) is 11.1 Å². The lowest BCUT2D eigenvalue weighted by Crippen LogP contribution is -2.18. The van der Waals surface area contributed by atoms with E-state index < -0.39 is 4.92 Å². The molecule has 0 fully saturated rings. The molecule has 0 aromatic heterocycles. The van der Waals surface area contributed by atoms with E-state index in [-0.39, 0.29) is 11.5 Å². The number of hydrogen-bond donors (Lipinski definition) is 0. The van der Waals surface area contributed by atoms with Gasteiger partial charge in [0.2, 0.25) is 0 Å². The molecule has 23 heavy (non-hydrogen) atoms. The molecule has 0 unspecified atom stereocenters. The third-order valence-electron chi connectivity index (χ3n) is 3.90. The number of hydrogen-bond acceptors (Lipinski definition) is 4. The molecular formula is C18H20N2O3. The van der Waals surface area contributed by atoms with Gasteiger partial charge in [0, 0.05) is 25.2 Å². The van der Waals surface area contributed by atoms with Gasteiger partial charge in [-0.15, -0.1) is 0 Å². The van der Waals surface area contributed by atoms with Gasteiger partial charge in [-0.25, -0.2) is 0 Å². The van der Waals surface area contributed by atoms with Gasteiger partial charge in [-0.1, -0.05) is 23.8 Å². The highest BCUT2D eigenvalue weighted by atomic mass is 16.6. The predicted molar refractivity (Wildman–Crippen MR) is 91.1 cm³/mol. The third-order valence-corrected chi connectivity index (χ3v) is 3.90. The molecule has 0 amide bonds. The molecule has 2 rings (SSSR count). The SMILES string of the molecule is CC(=O)c1ccc(N(C)Cc2ccc(C)cc2C)c([N+](=O)[O-])c1. The van der Waals surface area contributed by atoms with Gasteiger partial charge in [0.25, 0.3) is 5.69 Å². The molecule has 0 aliphatic rings. The van der Waals surface area contributed by atoms with Gasteiger partial charge in [0.15, 0.2) is 5.78 Å². The van der Waals surface area contributed by atoms with E-state index in [1.807, 2.05) is 37.9 Å². The van der Waals surface area contributed by atoms with Gasteiger partial charge in [-0.3, -0.25) is 14.9 Å². The first-order chi connectivity index (χ1) is 10.8. The predicted octanol–water partition coefficient (Wildman–Crippen LogP) is 4.05. The fraction of sp³-hybridized carbons (Fsp3) is 0.278. The number of nitrogens with zero attached hydrogens (tertiary/aromatic N) is 2. The van der Waals surface area contributed by atoms with Crippen LogP contribution in [0, 0.1) is 24.0 Å². The molecule has 5 nitrogen and oxygen atoms in total.